The molecule has 5 heteroatoms. The van der Waals surface area contributed by atoms with Crippen molar-refractivity contribution in [3.05, 3.63) is 70.9 Å². The van der Waals surface area contributed by atoms with Crippen LogP contribution in [0, 0.1) is 6.92 Å². The molecule has 3 aromatic rings. The summed E-state index contributed by atoms with van der Waals surface area (Å²) in [4.78, 5) is 23.0. The van der Waals surface area contributed by atoms with Gasteiger partial charge >= 0.3 is 0 Å². The molecule has 0 bridgehead atoms. The van der Waals surface area contributed by atoms with Crippen molar-refractivity contribution in [1.29, 1.82) is 0 Å². The predicted octanol–water partition coefficient (Wildman–Crippen LogP) is 3.71. The van der Waals surface area contributed by atoms with Gasteiger partial charge in [0.05, 0.1) is 17.8 Å². The second-order valence-electron chi connectivity index (χ2n) is 5.71. The first-order chi connectivity index (χ1) is 11.6. The van der Waals surface area contributed by atoms with Crippen molar-refractivity contribution in [3.63, 3.8) is 0 Å². The van der Waals surface area contributed by atoms with Gasteiger partial charge in [-0.05, 0) is 30.2 Å². The lowest BCUT2D eigenvalue weighted by Gasteiger charge is -2.18. The highest BCUT2D eigenvalue weighted by Gasteiger charge is 2.14. The van der Waals surface area contributed by atoms with Gasteiger partial charge in [-0.1, -0.05) is 30.3 Å². The van der Waals surface area contributed by atoms with Gasteiger partial charge in [0.15, 0.2) is 0 Å². The molecule has 0 aliphatic heterocycles. The first kappa shape index (κ1) is 16.3. The van der Waals surface area contributed by atoms with Gasteiger partial charge in [-0.15, -0.1) is 11.3 Å². The van der Waals surface area contributed by atoms with Crippen LogP contribution in [0.3, 0.4) is 0 Å². The molecule has 1 aromatic carbocycles. The summed E-state index contributed by atoms with van der Waals surface area (Å²) in [6.45, 7) is 2.68. The molecule has 0 saturated carbocycles. The van der Waals surface area contributed by atoms with Crippen LogP contribution in [0.4, 0.5) is 0 Å². The van der Waals surface area contributed by atoms with Crippen LogP contribution in [-0.4, -0.2) is 27.8 Å². The molecule has 24 heavy (non-hydrogen) atoms. The van der Waals surface area contributed by atoms with Crippen molar-refractivity contribution < 1.29 is 4.79 Å². The minimum absolute atomic E-state index is 0.0659. The Labute approximate surface area is 145 Å². The fourth-order valence-corrected chi connectivity index (χ4v) is 3.21. The fourth-order valence-electron chi connectivity index (χ4n) is 2.42. The van der Waals surface area contributed by atoms with E-state index in [0.717, 1.165) is 16.4 Å². The number of hydrogen-bond donors (Lipinski definition) is 0. The zero-order valence-electron chi connectivity index (χ0n) is 13.8. The van der Waals surface area contributed by atoms with E-state index in [1.165, 1.54) is 22.5 Å². The molecular formula is C19H19N3OS. The molecule has 0 unspecified atom stereocenters. The topological polar surface area (TPSA) is 46.1 Å². The molecule has 0 fully saturated rings. The van der Waals surface area contributed by atoms with Gasteiger partial charge in [0.25, 0.3) is 0 Å². The Morgan fingerprint density at radius 2 is 1.96 bits per heavy atom. The summed E-state index contributed by atoms with van der Waals surface area (Å²) >= 11 is 1.52. The Morgan fingerprint density at radius 1 is 1.17 bits per heavy atom. The van der Waals surface area contributed by atoms with Crippen LogP contribution in [-0.2, 0) is 17.8 Å². The maximum Gasteiger partial charge on any atom is 0.228 e. The zero-order valence-corrected chi connectivity index (χ0v) is 14.6. The van der Waals surface area contributed by atoms with Crippen molar-refractivity contribution in [2.24, 2.45) is 0 Å². The third-order valence-electron chi connectivity index (χ3n) is 3.86. The zero-order chi connectivity index (χ0) is 16.9. The normalized spacial score (nSPS) is 10.6. The molecule has 0 aliphatic rings. The minimum Gasteiger partial charge on any atom is -0.341 e. The Balaban J connectivity index is 1.65. The van der Waals surface area contributed by atoms with Crippen LogP contribution in [0.1, 0.15) is 16.8 Å². The quantitative estimate of drug-likeness (QED) is 0.713. The Bertz CT molecular complexity index is 829. The van der Waals surface area contributed by atoms with Gasteiger partial charge in [0.1, 0.15) is 5.01 Å². The molecule has 122 valence electrons. The third kappa shape index (κ3) is 3.86. The molecule has 1 amide bonds. The molecular weight excluding hydrogens is 318 g/mol. The number of aryl methyl sites for hydroxylation is 1. The number of pyridine rings is 1. The number of benzene rings is 1. The van der Waals surface area contributed by atoms with E-state index in [1.54, 1.807) is 11.1 Å². The number of rotatable bonds is 5. The maximum atomic E-state index is 12.4. The fraction of sp³-hybridized carbons (Fsp3) is 0.211. The standard InChI is InChI=1S/C19H19N3OS/c1-14-7-3-4-8-15(14)12-22(2)18(23)11-16-13-24-19(21-16)17-9-5-6-10-20-17/h3-10,13H,11-12H2,1-2H3. The number of thiazole rings is 1. The van der Waals surface area contributed by atoms with Gasteiger partial charge in [0.2, 0.25) is 5.91 Å². The molecule has 0 radical (unpaired) electrons. The number of hydrogen-bond acceptors (Lipinski definition) is 4. The highest BCUT2D eigenvalue weighted by Crippen LogP contribution is 2.22. The first-order valence-electron chi connectivity index (χ1n) is 7.78. The smallest absolute Gasteiger partial charge is 0.228 e. The minimum atomic E-state index is 0.0659. The van der Waals surface area contributed by atoms with Crippen LogP contribution in [0.25, 0.3) is 10.7 Å². The lowest BCUT2D eigenvalue weighted by Crippen LogP contribution is -2.28. The highest BCUT2D eigenvalue weighted by molar-refractivity contribution is 7.13. The number of aromatic nitrogens is 2. The van der Waals surface area contributed by atoms with Crippen molar-refractivity contribution in [2.45, 2.75) is 19.9 Å². The summed E-state index contributed by atoms with van der Waals surface area (Å²) in [5, 5.41) is 2.78. The van der Waals surface area contributed by atoms with E-state index >= 15 is 0 Å². The van der Waals surface area contributed by atoms with Crippen molar-refractivity contribution in [3.8, 4) is 10.7 Å². The molecule has 4 nitrogen and oxygen atoms in total. The van der Waals surface area contributed by atoms with E-state index in [9.17, 15) is 4.79 Å². The van der Waals surface area contributed by atoms with E-state index < -0.39 is 0 Å². The second kappa shape index (κ2) is 7.36. The lowest BCUT2D eigenvalue weighted by molar-refractivity contribution is -0.129. The first-order valence-corrected chi connectivity index (χ1v) is 8.66. The van der Waals surface area contributed by atoms with Crippen molar-refractivity contribution >= 4 is 17.2 Å². The summed E-state index contributed by atoms with van der Waals surface area (Å²) in [6, 6.07) is 13.9. The average Bonchev–Trinajstić information content (AvgIpc) is 3.06. The largest absolute Gasteiger partial charge is 0.341 e. The summed E-state index contributed by atoms with van der Waals surface area (Å²) in [7, 11) is 1.83. The van der Waals surface area contributed by atoms with E-state index in [2.05, 4.69) is 29.0 Å². The van der Waals surface area contributed by atoms with Gasteiger partial charge in [-0.25, -0.2) is 4.98 Å². The van der Waals surface area contributed by atoms with Crippen LogP contribution in [0.5, 0.6) is 0 Å². The maximum absolute atomic E-state index is 12.4. The SMILES string of the molecule is Cc1ccccc1CN(C)C(=O)Cc1csc(-c2ccccn2)n1. The highest BCUT2D eigenvalue weighted by atomic mass is 32.1. The second-order valence-corrected chi connectivity index (χ2v) is 6.57. The van der Waals surface area contributed by atoms with Gasteiger partial charge in [-0.2, -0.15) is 0 Å². The van der Waals surface area contributed by atoms with Gasteiger partial charge < -0.3 is 4.90 Å². The number of carbonyl (C=O) groups excluding carboxylic acids is 1. The van der Waals surface area contributed by atoms with Crippen LogP contribution in [0.2, 0.25) is 0 Å². The molecule has 2 heterocycles. The Hall–Kier alpha value is -2.53. The van der Waals surface area contributed by atoms with E-state index in [1.807, 2.05) is 42.8 Å². The van der Waals surface area contributed by atoms with E-state index in [4.69, 9.17) is 0 Å². The van der Waals surface area contributed by atoms with Gasteiger partial charge in [0, 0.05) is 25.2 Å². The van der Waals surface area contributed by atoms with Crippen molar-refractivity contribution in [1.82, 2.24) is 14.9 Å². The van der Waals surface area contributed by atoms with Gasteiger partial charge in [-0.3, -0.25) is 9.78 Å². The third-order valence-corrected chi connectivity index (χ3v) is 4.78. The summed E-state index contributed by atoms with van der Waals surface area (Å²) in [6.07, 6.45) is 2.06. The molecule has 0 N–H and O–H groups in total. The Kier molecular flexibility index (Phi) is 5.01. The average molecular weight is 337 g/mol. The number of amides is 1. The molecule has 0 atom stereocenters. The van der Waals surface area contributed by atoms with Crippen LogP contribution >= 0.6 is 11.3 Å². The van der Waals surface area contributed by atoms with E-state index in [-0.39, 0.29) is 5.91 Å². The molecule has 3 rings (SSSR count). The predicted molar refractivity (Wildman–Crippen MR) is 96.7 cm³/mol. The number of likely N-dealkylation sites (N-methyl/N-ethyl adjacent to an activating group) is 1. The summed E-state index contributed by atoms with van der Waals surface area (Å²) in [5.41, 5.74) is 4.00. The summed E-state index contributed by atoms with van der Waals surface area (Å²) < 4.78 is 0. The van der Waals surface area contributed by atoms with Crippen LogP contribution < -0.4 is 0 Å². The summed E-state index contributed by atoms with van der Waals surface area (Å²) in [5.74, 6) is 0.0659. The molecule has 0 saturated heterocycles. The molecule has 0 spiro atoms. The number of carbonyl (C=O) groups is 1. The molecule has 0 aliphatic carbocycles. The van der Waals surface area contributed by atoms with Crippen LogP contribution in [0.15, 0.2) is 54.0 Å². The lowest BCUT2D eigenvalue weighted by atomic mass is 10.1. The monoisotopic (exact) mass is 337 g/mol. The Morgan fingerprint density at radius 3 is 2.71 bits per heavy atom. The molecule has 2 aromatic heterocycles. The van der Waals surface area contributed by atoms with Crippen molar-refractivity contribution in [2.75, 3.05) is 7.05 Å². The number of nitrogens with zero attached hydrogens (tertiary/aromatic N) is 3. The van der Waals surface area contributed by atoms with E-state index in [0.29, 0.717) is 13.0 Å².